The number of hydrogen-bond acceptors (Lipinski definition) is 4. The van der Waals surface area contributed by atoms with E-state index in [9.17, 15) is 4.79 Å². The van der Waals surface area contributed by atoms with E-state index >= 15 is 0 Å². The summed E-state index contributed by atoms with van der Waals surface area (Å²) in [5.74, 6) is 0. The van der Waals surface area contributed by atoms with Crippen LogP contribution in [0.3, 0.4) is 0 Å². The number of anilines is 1. The molecule has 1 N–H and O–H groups in total. The second kappa shape index (κ2) is 7.55. The standard InChI is InChI=1S/C22H25N3O2/c1-3-25-19-7-5-4-6-17(19)22(26)20-18(9-8-16(2)21(20)25)23-10-11-24-12-14-27-15-13-24/h3-9,23H,1,10-15H2,2H3. The van der Waals surface area contributed by atoms with Crippen LogP contribution in [-0.2, 0) is 4.74 Å². The van der Waals surface area contributed by atoms with E-state index in [4.69, 9.17) is 4.74 Å². The summed E-state index contributed by atoms with van der Waals surface area (Å²) in [7, 11) is 0. The fourth-order valence-corrected chi connectivity index (χ4v) is 3.88. The van der Waals surface area contributed by atoms with Crippen molar-refractivity contribution in [3.05, 3.63) is 58.8 Å². The summed E-state index contributed by atoms with van der Waals surface area (Å²) < 4.78 is 7.42. The van der Waals surface area contributed by atoms with Crippen LogP contribution in [0.1, 0.15) is 5.56 Å². The summed E-state index contributed by atoms with van der Waals surface area (Å²) in [4.78, 5) is 15.7. The molecule has 2 heterocycles. The van der Waals surface area contributed by atoms with Crippen molar-refractivity contribution < 1.29 is 4.74 Å². The molecule has 1 aliphatic rings. The minimum atomic E-state index is 0.0660. The van der Waals surface area contributed by atoms with E-state index in [1.54, 1.807) is 6.20 Å². The molecular weight excluding hydrogens is 338 g/mol. The maximum absolute atomic E-state index is 13.3. The summed E-state index contributed by atoms with van der Waals surface area (Å²) in [6.07, 6.45) is 1.79. The van der Waals surface area contributed by atoms with Gasteiger partial charge in [0.25, 0.3) is 0 Å². The average Bonchev–Trinajstić information content (AvgIpc) is 2.71. The highest BCUT2D eigenvalue weighted by Crippen LogP contribution is 2.27. The van der Waals surface area contributed by atoms with E-state index in [2.05, 4.69) is 22.9 Å². The lowest BCUT2D eigenvalue weighted by atomic mass is 10.0. The van der Waals surface area contributed by atoms with Gasteiger partial charge in [-0.25, -0.2) is 0 Å². The number of morpholine rings is 1. The van der Waals surface area contributed by atoms with Crippen LogP contribution in [0, 0.1) is 6.92 Å². The number of para-hydroxylation sites is 1. The van der Waals surface area contributed by atoms with Gasteiger partial charge < -0.3 is 14.6 Å². The minimum absolute atomic E-state index is 0.0660. The number of ether oxygens (including phenoxy) is 1. The molecule has 0 bridgehead atoms. The predicted molar refractivity (Wildman–Crippen MR) is 113 cm³/mol. The molecule has 0 saturated carbocycles. The molecule has 2 aromatic carbocycles. The second-order valence-electron chi connectivity index (χ2n) is 6.93. The van der Waals surface area contributed by atoms with E-state index in [1.807, 2.05) is 41.8 Å². The van der Waals surface area contributed by atoms with Crippen LogP contribution >= 0.6 is 0 Å². The molecule has 4 rings (SSSR count). The highest BCUT2D eigenvalue weighted by Gasteiger charge is 2.15. The first-order valence-corrected chi connectivity index (χ1v) is 9.44. The van der Waals surface area contributed by atoms with Gasteiger partial charge in [-0.05, 0) is 30.7 Å². The Balaban J connectivity index is 1.77. The molecule has 0 amide bonds. The van der Waals surface area contributed by atoms with Gasteiger partial charge in [0.2, 0.25) is 0 Å². The topological polar surface area (TPSA) is 46.5 Å². The molecule has 5 nitrogen and oxygen atoms in total. The Morgan fingerprint density at radius 2 is 1.96 bits per heavy atom. The maximum Gasteiger partial charge on any atom is 0.199 e. The average molecular weight is 363 g/mol. The van der Waals surface area contributed by atoms with Crippen molar-refractivity contribution in [2.45, 2.75) is 6.92 Å². The van der Waals surface area contributed by atoms with Crippen molar-refractivity contribution >= 4 is 33.7 Å². The maximum atomic E-state index is 13.3. The van der Waals surface area contributed by atoms with Crippen LogP contribution < -0.4 is 10.7 Å². The normalized spacial score (nSPS) is 15.3. The molecule has 0 aliphatic carbocycles. The summed E-state index contributed by atoms with van der Waals surface area (Å²) in [5.41, 5.74) is 3.82. The van der Waals surface area contributed by atoms with Crippen molar-refractivity contribution in [2.24, 2.45) is 0 Å². The van der Waals surface area contributed by atoms with Crippen LogP contribution in [0.5, 0.6) is 0 Å². The first-order chi connectivity index (χ1) is 13.2. The van der Waals surface area contributed by atoms with Crippen LogP contribution in [-0.4, -0.2) is 48.9 Å². The minimum Gasteiger partial charge on any atom is -0.383 e. The third-order valence-electron chi connectivity index (χ3n) is 5.29. The number of nitrogens with one attached hydrogen (secondary N) is 1. The lowest BCUT2D eigenvalue weighted by Gasteiger charge is -2.26. The van der Waals surface area contributed by atoms with Crippen molar-refractivity contribution in [1.82, 2.24) is 9.47 Å². The van der Waals surface area contributed by atoms with E-state index in [0.717, 1.165) is 67.1 Å². The monoisotopic (exact) mass is 363 g/mol. The van der Waals surface area contributed by atoms with Crippen molar-refractivity contribution in [3.63, 3.8) is 0 Å². The van der Waals surface area contributed by atoms with Crippen molar-refractivity contribution in [2.75, 3.05) is 44.7 Å². The summed E-state index contributed by atoms with van der Waals surface area (Å²) >= 11 is 0. The van der Waals surface area contributed by atoms with E-state index < -0.39 is 0 Å². The Hall–Kier alpha value is -2.63. The lowest BCUT2D eigenvalue weighted by molar-refractivity contribution is 0.0398. The zero-order valence-corrected chi connectivity index (χ0v) is 15.7. The first kappa shape index (κ1) is 17.8. The van der Waals surface area contributed by atoms with Crippen LogP contribution in [0.15, 0.2) is 47.8 Å². The molecule has 1 fully saturated rings. The van der Waals surface area contributed by atoms with Gasteiger partial charge >= 0.3 is 0 Å². The summed E-state index contributed by atoms with van der Waals surface area (Å²) in [6.45, 7) is 11.3. The molecule has 3 aromatic rings. The fraction of sp³-hybridized carbons (Fsp3) is 0.318. The van der Waals surface area contributed by atoms with Gasteiger partial charge in [-0.15, -0.1) is 0 Å². The number of pyridine rings is 1. The van der Waals surface area contributed by atoms with E-state index in [-0.39, 0.29) is 5.43 Å². The third-order valence-corrected chi connectivity index (χ3v) is 5.29. The molecule has 0 radical (unpaired) electrons. The third kappa shape index (κ3) is 3.24. The summed E-state index contributed by atoms with van der Waals surface area (Å²) in [6, 6.07) is 11.8. The largest absolute Gasteiger partial charge is 0.383 e. The fourth-order valence-electron chi connectivity index (χ4n) is 3.88. The van der Waals surface area contributed by atoms with E-state index in [0.29, 0.717) is 5.39 Å². The van der Waals surface area contributed by atoms with Crippen LogP contribution in [0.4, 0.5) is 5.69 Å². The molecule has 1 aromatic heterocycles. The Kier molecular flexibility index (Phi) is 4.97. The van der Waals surface area contributed by atoms with Gasteiger partial charge in [0.15, 0.2) is 5.43 Å². The van der Waals surface area contributed by atoms with Crippen LogP contribution in [0.25, 0.3) is 28.0 Å². The zero-order valence-electron chi connectivity index (χ0n) is 15.7. The molecule has 0 unspecified atom stereocenters. The van der Waals surface area contributed by atoms with Crippen molar-refractivity contribution in [1.29, 1.82) is 0 Å². The SMILES string of the molecule is C=Cn1c2ccccc2c(=O)c2c(NCCN3CCOCC3)ccc(C)c21. The van der Waals surface area contributed by atoms with E-state index in [1.165, 1.54) is 0 Å². The molecule has 5 heteroatoms. The Morgan fingerprint density at radius 1 is 1.19 bits per heavy atom. The quantitative estimate of drug-likeness (QED) is 0.707. The molecule has 27 heavy (non-hydrogen) atoms. The molecule has 0 spiro atoms. The van der Waals surface area contributed by atoms with Gasteiger partial charge in [-0.1, -0.05) is 24.8 Å². The van der Waals surface area contributed by atoms with Gasteiger partial charge in [-0.3, -0.25) is 9.69 Å². The number of benzene rings is 2. The van der Waals surface area contributed by atoms with Gasteiger partial charge in [0.05, 0.1) is 29.6 Å². The highest BCUT2D eigenvalue weighted by atomic mass is 16.5. The van der Waals surface area contributed by atoms with Gasteiger partial charge in [-0.2, -0.15) is 0 Å². The predicted octanol–water partition coefficient (Wildman–Crippen LogP) is 3.31. The Labute approximate surface area is 158 Å². The molecular formula is C22H25N3O2. The number of aryl methyl sites for hydroxylation is 1. The smallest absolute Gasteiger partial charge is 0.199 e. The van der Waals surface area contributed by atoms with Gasteiger partial charge in [0.1, 0.15) is 0 Å². The number of rotatable bonds is 5. The van der Waals surface area contributed by atoms with Crippen LogP contribution in [0.2, 0.25) is 0 Å². The Bertz CT molecular complexity index is 1050. The zero-order chi connectivity index (χ0) is 18.8. The number of fused-ring (bicyclic) bond motifs is 2. The molecule has 1 aliphatic heterocycles. The highest BCUT2D eigenvalue weighted by molar-refractivity contribution is 6.02. The molecule has 0 atom stereocenters. The number of nitrogens with zero attached hydrogens (tertiary/aromatic N) is 2. The van der Waals surface area contributed by atoms with Crippen molar-refractivity contribution in [3.8, 4) is 0 Å². The molecule has 140 valence electrons. The Morgan fingerprint density at radius 3 is 2.74 bits per heavy atom. The number of hydrogen-bond donors (Lipinski definition) is 1. The van der Waals surface area contributed by atoms with Gasteiger partial charge in [0, 0.05) is 43.5 Å². The number of aromatic nitrogens is 1. The lowest BCUT2D eigenvalue weighted by Crippen LogP contribution is -2.39. The first-order valence-electron chi connectivity index (χ1n) is 9.44. The molecule has 1 saturated heterocycles. The summed E-state index contributed by atoms with van der Waals surface area (Å²) in [5, 5.41) is 4.94. The second-order valence-corrected chi connectivity index (χ2v) is 6.93.